The van der Waals surface area contributed by atoms with Crippen molar-refractivity contribution in [3.05, 3.63) is 59.9 Å². The number of hydrogen-bond acceptors (Lipinski definition) is 4. The van der Waals surface area contributed by atoms with Crippen molar-refractivity contribution in [2.75, 3.05) is 16.8 Å². The highest BCUT2D eigenvalue weighted by Gasteiger charge is 2.24. The minimum absolute atomic E-state index is 0.0613. The van der Waals surface area contributed by atoms with Gasteiger partial charge in [0.15, 0.2) is 0 Å². The standard InChI is InChI=1S/C23H25N5O2/c1-16-5-3-6-18(13-16)19-7-8-20(24-15-19)25-21(29)9-10-23(30)27-11-4-12-28-22(27)14-17(2)26-28/h3,5-8,13-15H,4,9-12H2,1-2H3,(H,24,25,29). The van der Waals surface area contributed by atoms with Gasteiger partial charge in [0.05, 0.1) is 5.69 Å². The molecule has 0 atom stereocenters. The Balaban J connectivity index is 1.32. The fraction of sp³-hybridized carbons (Fsp3) is 0.304. The third kappa shape index (κ3) is 4.40. The molecule has 0 unspecified atom stereocenters. The largest absolute Gasteiger partial charge is 0.311 e. The zero-order chi connectivity index (χ0) is 21.1. The van der Waals surface area contributed by atoms with Crippen molar-refractivity contribution in [2.45, 2.75) is 39.7 Å². The summed E-state index contributed by atoms with van der Waals surface area (Å²) >= 11 is 0. The van der Waals surface area contributed by atoms with Crippen molar-refractivity contribution in [3.8, 4) is 11.1 Å². The molecule has 0 bridgehead atoms. The Kier molecular flexibility index (Phi) is 5.61. The molecule has 7 nitrogen and oxygen atoms in total. The molecule has 4 rings (SSSR count). The van der Waals surface area contributed by atoms with Gasteiger partial charge in [-0.05, 0) is 38.0 Å². The van der Waals surface area contributed by atoms with Crippen LogP contribution < -0.4 is 10.2 Å². The van der Waals surface area contributed by atoms with Crippen LogP contribution in [0.15, 0.2) is 48.7 Å². The maximum Gasteiger partial charge on any atom is 0.228 e. The number of hydrogen-bond donors (Lipinski definition) is 1. The van der Waals surface area contributed by atoms with E-state index in [0.717, 1.165) is 35.6 Å². The molecule has 1 aliphatic rings. The number of aryl methyl sites for hydroxylation is 3. The van der Waals surface area contributed by atoms with E-state index >= 15 is 0 Å². The number of nitrogens with one attached hydrogen (secondary N) is 1. The highest BCUT2D eigenvalue weighted by molar-refractivity contribution is 5.97. The second kappa shape index (κ2) is 8.49. The summed E-state index contributed by atoms with van der Waals surface area (Å²) in [6.07, 6.45) is 2.87. The average molecular weight is 403 g/mol. The Morgan fingerprint density at radius 3 is 2.67 bits per heavy atom. The molecule has 1 N–H and O–H groups in total. The lowest BCUT2D eigenvalue weighted by Crippen LogP contribution is -2.37. The van der Waals surface area contributed by atoms with Gasteiger partial charge in [0, 0.05) is 43.8 Å². The number of pyridine rings is 1. The van der Waals surface area contributed by atoms with Crippen LogP contribution >= 0.6 is 0 Å². The molecule has 0 spiro atoms. The summed E-state index contributed by atoms with van der Waals surface area (Å²) in [5.74, 6) is 1.02. The van der Waals surface area contributed by atoms with Crippen molar-refractivity contribution < 1.29 is 9.59 Å². The third-order valence-corrected chi connectivity index (χ3v) is 5.16. The van der Waals surface area contributed by atoms with E-state index in [4.69, 9.17) is 0 Å². The lowest BCUT2D eigenvalue weighted by Gasteiger charge is -2.27. The Morgan fingerprint density at radius 2 is 1.90 bits per heavy atom. The van der Waals surface area contributed by atoms with Gasteiger partial charge in [0.25, 0.3) is 0 Å². The monoisotopic (exact) mass is 403 g/mol. The molecule has 1 aliphatic heterocycles. The second-order valence-electron chi connectivity index (χ2n) is 7.62. The van der Waals surface area contributed by atoms with Gasteiger partial charge in [-0.3, -0.25) is 14.5 Å². The quantitative estimate of drug-likeness (QED) is 0.704. The van der Waals surface area contributed by atoms with E-state index in [1.54, 1.807) is 17.2 Å². The summed E-state index contributed by atoms with van der Waals surface area (Å²) in [5, 5.41) is 7.18. The molecule has 7 heteroatoms. The van der Waals surface area contributed by atoms with Gasteiger partial charge in [0.1, 0.15) is 11.6 Å². The van der Waals surface area contributed by atoms with Gasteiger partial charge < -0.3 is 5.32 Å². The van der Waals surface area contributed by atoms with E-state index in [1.807, 2.05) is 48.9 Å². The summed E-state index contributed by atoms with van der Waals surface area (Å²) in [6.45, 7) is 5.44. The first-order valence-electron chi connectivity index (χ1n) is 10.2. The smallest absolute Gasteiger partial charge is 0.228 e. The first-order chi connectivity index (χ1) is 14.5. The topological polar surface area (TPSA) is 80.1 Å². The Morgan fingerprint density at radius 1 is 1.03 bits per heavy atom. The van der Waals surface area contributed by atoms with Gasteiger partial charge in [-0.1, -0.05) is 29.8 Å². The number of anilines is 2. The SMILES string of the molecule is Cc1cccc(-c2ccc(NC(=O)CCC(=O)N3CCCn4nc(C)cc43)nc2)c1. The number of nitrogens with zero attached hydrogens (tertiary/aromatic N) is 4. The van der Waals surface area contributed by atoms with E-state index in [1.165, 1.54) is 5.56 Å². The van der Waals surface area contributed by atoms with Crippen molar-refractivity contribution >= 4 is 23.5 Å². The predicted octanol–water partition coefficient (Wildman–Crippen LogP) is 3.72. The van der Waals surface area contributed by atoms with Gasteiger partial charge >= 0.3 is 0 Å². The van der Waals surface area contributed by atoms with Crippen LogP contribution in [0.5, 0.6) is 0 Å². The van der Waals surface area contributed by atoms with E-state index in [2.05, 4.69) is 21.5 Å². The third-order valence-electron chi connectivity index (χ3n) is 5.16. The molecule has 30 heavy (non-hydrogen) atoms. The lowest BCUT2D eigenvalue weighted by molar-refractivity contribution is -0.122. The second-order valence-corrected chi connectivity index (χ2v) is 7.62. The molecule has 0 saturated carbocycles. The summed E-state index contributed by atoms with van der Waals surface area (Å²) in [4.78, 5) is 31.0. The zero-order valence-electron chi connectivity index (χ0n) is 17.3. The normalized spacial score (nSPS) is 13.1. The van der Waals surface area contributed by atoms with Crippen LogP contribution in [-0.2, 0) is 16.1 Å². The molecule has 0 saturated heterocycles. The average Bonchev–Trinajstić information content (AvgIpc) is 3.12. The number of amides is 2. The van der Waals surface area contributed by atoms with E-state index in [9.17, 15) is 9.59 Å². The van der Waals surface area contributed by atoms with Gasteiger partial charge in [0.2, 0.25) is 11.8 Å². The van der Waals surface area contributed by atoms with Crippen molar-refractivity contribution in [2.24, 2.45) is 0 Å². The zero-order valence-corrected chi connectivity index (χ0v) is 17.3. The van der Waals surface area contributed by atoms with Crippen LogP contribution in [0.4, 0.5) is 11.6 Å². The molecule has 3 aromatic rings. The predicted molar refractivity (Wildman–Crippen MR) is 116 cm³/mol. The molecule has 0 fully saturated rings. The minimum atomic E-state index is -0.221. The maximum atomic E-state index is 12.6. The summed E-state index contributed by atoms with van der Waals surface area (Å²) in [6, 6.07) is 13.8. The van der Waals surface area contributed by atoms with Crippen molar-refractivity contribution in [1.29, 1.82) is 0 Å². The van der Waals surface area contributed by atoms with Crippen LogP contribution in [0.1, 0.15) is 30.5 Å². The van der Waals surface area contributed by atoms with E-state index in [-0.39, 0.29) is 24.7 Å². The van der Waals surface area contributed by atoms with Crippen LogP contribution in [-0.4, -0.2) is 33.1 Å². The van der Waals surface area contributed by atoms with E-state index in [0.29, 0.717) is 12.4 Å². The minimum Gasteiger partial charge on any atom is -0.311 e. The Labute approximate surface area is 175 Å². The summed E-state index contributed by atoms with van der Waals surface area (Å²) in [7, 11) is 0. The van der Waals surface area contributed by atoms with Crippen LogP contribution in [0.3, 0.4) is 0 Å². The Bertz CT molecular complexity index is 1070. The number of carbonyl (C=O) groups is 2. The molecule has 0 radical (unpaired) electrons. The number of rotatable bonds is 5. The number of aromatic nitrogens is 3. The highest BCUT2D eigenvalue weighted by Crippen LogP contribution is 2.23. The van der Waals surface area contributed by atoms with Crippen molar-refractivity contribution in [1.82, 2.24) is 14.8 Å². The summed E-state index contributed by atoms with van der Waals surface area (Å²) < 4.78 is 1.86. The molecule has 3 heterocycles. The molecule has 154 valence electrons. The van der Waals surface area contributed by atoms with Gasteiger partial charge in [-0.25, -0.2) is 9.67 Å². The summed E-state index contributed by atoms with van der Waals surface area (Å²) in [5.41, 5.74) is 4.15. The van der Waals surface area contributed by atoms with Crippen molar-refractivity contribution in [3.63, 3.8) is 0 Å². The fourth-order valence-electron chi connectivity index (χ4n) is 3.68. The molecular formula is C23H25N5O2. The Hall–Kier alpha value is -3.48. The van der Waals surface area contributed by atoms with Crippen LogP contribution in [0, 0.1) is 13.8 Å². The molecule has 0 aliphatic carbocycles. The maximum absolute atomic E-state index is 12.6. The first-order valence-corrected chi connectivity index (χ1v) is 10.2. The molecule has 2 aromatic heterocycles. The van der Waals surface area contributed by atoms with E-state index < -0.39 is 0 Å². The first kappa shape index (κ1) is 19.8. The molecular weight excluding hydrogens is 378 g/mol. The molecule has 2 amide bonds. The number of fused-ring (bicyclic) bond motifs is 1. The fourth-order valence-corrected chi connectivity index (χ4v) is 3.68. The number of benzene rings is 1. The van der Waals surface area contributed by atoms with Crippen LogP contribution in [0.2, 0.25) is 0 Å². The van der Waals surface area contributed by atoms with Gasteiger partial charge in [-0.15, -0.1) is 0 Å². The molecule has 1 aromatic carbocycles. The highest BCUT2D eigenvalue weighted by atomic mass is 16.2. The number of carbonyl (C=O) groups excluding carboxylic acids is 2. The van der Waals surface area contributed by atoms with Crippen LogP contribution in [0.25, 0.3) is 11.1 Å². The lowest BCUT2D eigenvalue weighted by atomic mass is 10.1. The van der Waals surface area contributed by atoms with Gasteiger partial charge in [-0.2, -0.15) is 5.10 Å².